The summed E-state index contributed by atoms with van der Waals surface area (Å²) in [6.45, 7) is 5.28. The highest BCUT2D eigenvalue weighted by Crippen LogP contribution is 2.27. The summed E-state index contributed by atoms with van der Waals surface area (Å²) in [7, 11) is 4.01. The molecule has 0 amide bonds. The lowest BCUT2D eigenvalue weighted by Crippen LogP contribution is -2.13. The van der Waals surface area contributed by atoms with Crippen LogP contribution in [0, 0.1) is 13.8 Å². The summed E-state index contributed by atoms with van der Waals surface area (Å²) < 4.78 is 2.01. The molecule has 96 valence electrons. The van der Waals surface area contributed by atoms with Gasteiger partial charge in [0, 0.05) is 31.3 Å². The molecule has 0 aliphatic heterocycles. The second kappa shape index (κ2) is 5.36. The number of hydrogen-bond donors (Lipinski definition) is 1. The van der Waals surface area contributed by atoms with Gasteiger partial charge in [0.1, 0.15) is 0 Å². The van der Waals surface area contributed by atoms with Crippen LogP contribution < -0.4 is 5.32 Å². The van der Waals surface area contributed by atoms with Gasteiger partial charge in [-0.1, -0.05) is 24.3 Å². The zero-order valence-corrected chi connectivity index (χ0v) is 11.6. The lowest BCUT2D eigenvalue weighted by molar-refractivity contribution is 0.680. The molecule has 2 aromatic rings. The maximum absolute atomic E-state index is 4.68. The van der Waals surface area contributed by atoms with Gasteiger partial charge in [0.15, 0.2) is 0 Å². The highest BCUT2D eigenvalue weighted by Gasteiger charge is 2.14. The van der Waals surface area contributed by atoms with E-state index in [1.165, 1.54) is 22.4 Å². The van der Waals surface area contributed by atoms with E-state index in [1.807, 2.05) is 18.8 Å². The van der Waals surface area contributed by atoms with Gasteiger partial charge in [0.25, 0.3) is 0 Å². The lowest BCUT2D eigenvalue weighted by atomic mass is 10.0. The van der Waals surface area contributed by atoms with E-state index in [1.54, 1.807) is 0 Å². The average molecular weight is 243 g/mol. The molecule has 1 aromatic heterocycles. The fourth-order valence-electron chi connectivity index (χ4n) is 2.35. The number of rotatable bonds is 4. The molecule has 1 heterocycles. The Bertz CT molecular complexity index is 541. The van der Waals surface area contributed by atoms with Crippen molar-refractivity contribution in [1.29, 1.82) is 0 Å². The zero-order valence-electron chi connectivity index (χ0n) is 11.6. The van der Waals surface area contributed by atoms with E-state index in [4.69, 9.17) is 0 Å². The molecule has 3 heteroatoms. The van der Waals surface area contributed by atoms with Crippen molar-refractivity contribution in [1.82, 2.24) is 15.1 Å². The minimum absolute atomic E-state index is 0.980. The predicted molar refractivity (Wildman–Crippen MR) is 75.7 cm³/mol. The fraction of sp³-hybridized carbons (Fsp3) is 0.400. The van der Waals surface area contributed by atoms with Gasteiger partial charge < -0.3 is 5.32 Å². The third-order valence-electron chi connectivity index (χ3n) is 3.44. The van der Waals surface area contributed by atoms with Crippen LogP contribution in [0.25, 0.3) is 11.3 Å². The summed E-state index contributed by atoms with van der Waals surface area (Å²) in [4.78, 5) is 0. The van der Waals surface area contributed by atoms with Crippen molar-refractivity contribution in [3.63, 3.8) is 0 Å². The summed E-state index contributed by atoms with van der Waals surface area (Å²) in [6, 6.07) is 8.42. The Morgan fingerprint density at radius 3 is 2.61 bits per heavy atom. The molecule has 0 fully saturated rings. The van der Waals surface area contributed by atoms with Crippen molar-refractivity contribution >= 4 is 0 Å². The summed E-state index contributed by atoms with van der Waals surface area (Å²) >= 11 is 0. The van der Waals surface area contributed by atoms with Gasteiger partial charge in [0.05, 0.1) is 5.69 Å². The summed E-state index contributed by atoms with van der Waals surface area (Å²) in [5.74, 6) is 0. The van der Waals surface area contributed by atoms with E-state index < -0.39 is 0 Å². The van der Waals surface area contributed by atoms with Gasteiger partial charge in [-0.15, -0.1) is 0 Å². The van der Waals surface area contributed by atoms with Gasteiger partial charge in [-0.25, -0.2) is 0 Å². The predicted octanol–water partition coefficient (Wildman–Crippen LogP) is 2.47. The van der Waals surface area contributed by atoms with Crippen LogP contribution in [0.4, 0.5) is 0 Å². The SMILES string of the molecule is CNCCc1c(C)c(-c2ccccc2C)nn1C. The molecule has 0 radical (unpaired) electrons. The molecular weight excluding hydrogens is 222 g/mol. The largest absolute Gasteiger partial charge is 0.319 e. The molecule has 2 rings (SSSR count). The molecule has 1 N–H and O–H groups in total. The Hall–Kier alpha value is -1.61. The van der Waals surface area contributed by atoms with Gasteiger partial charge in [0.2, 0.25) is 0 Å². The number of nitrogens with one attached hydrogen (secondary N) is 1. The third-order valence-corrected chi connectivity index (χ3v) is 3.44. The molecule has 0 saturated carbocycles. The van der Waals surface area contributed by atoms with Gasteiger partial charge in [-0.2, -0.15) is 5.10 Å². The normalized spacial score (nSPS) is 10.9. The average Bonchev–Trinajstić information content (AvgIpc) is 2.63. The molecule has 0 spiro atoms. The van der Waals surface area contributed by atoms with Crippen molar-refractivity contribution < 1.29 is 0 Å². The first-order valence-electron chi connectivity index (χ1n) is 6.38. The highest BCUT2D eigenvalue weighted by atomic mass is 15.3. The molecule has 0 aliphatic carbocycles. The molecule has 0 saturated heterocycles. The van der Waals surface area contributed by atoms with Gasteiger partial charge >= 0.3 is 0 Å². The number of aryl methyl sites for hydroxylation is 2. The molecular formula is C15H21N3. The minimum Gasteiger partial charge on any atom is -0.319 e. The lowest BCUT2D eigenvalue weighted by Gasteiger charge is -2.04. The van der Waals surface area contributed by atoms with Crippen molar-refractivity contribution in [2.45, 2.75) is 20.3 Å². The maximum atomic E-state index is 4.68. The standard InChI is InChI=1S/C15H21N3/c1-11-7-5-6-8-13(11)15-12(2)14(9-10-16-3)18(4)17-15/h5-8,16H,9-10H2,1-4H3. The Morgan fingerprint density at radius 1 is 1.22 bits per heavy atom. The van der Waals surface area contributed by atoms with Crippen LogP contribution in [-0.2, 0) is 13.5 Å². The summed E-state index contributed by atoms with van der Waals surface area (Å²) in [5, 5.41) is 7.87. The van der Waals surface area contributed by atoms with Crippen molar-refractivity contribution in [3.05, 3.63) is 41.1 Å². The number of likely N-dealkylation sites (N-methyl/N-ethyl adjacent to an activating group) is 1. The molecule has 3 nitrogen and oxygen atoms in total. The second-order valence-corrected chi connectivity index (χ2v) is 4.71. The first-order valence-corrected chi connectivity index (χ1v) is 6.38. The number of aromatic nitrogens is 2. The number of nitrogens with zero attached hydrogens (tertiary/aromatic N) is 2. The van der Waals surface area contributed by atoms with Gasteiger partial charge in [-0.05, 0) is 32.0 Å². The van der Waals surface area contributed by atoms with Crippen LogP contribution in [0.2, 0.25) is 0 Å². The van der Waals surface area contributed by atoms with Crippen molar-refractivity contribution in [2.24, 2.45) is 7.05 Å². The van der Waals surface area contributed by atoms with E-state index in [-0.39, 0.29) is 0 Å². The Kier molecular flexibility index (Phi) is 3.82. The Balaban J connectivity index is 2.44. The topological polar surface area (TPSA) is 29.9 Å². The van der Waals surface area contributed by atoms with E-state index in [9.17, 15) is 0 Å². The molecule has 18 heavy (non-hydrogen) atoms. The molecule has 0 aliphatic rings. The number of hydrogen-bond acceptors (Lipinski definition) is 2. The zero-order chi connectivity index (χ0) is 13.1. The van der Waals surface area contributed by atoms with Crippen LogP contribution in [0.1, 0.15) is 16.8 Å². The highest BCUT2D eigenvalue weighted by molar-refractivity contribution is 5.67. The smallest absolute Gasteiger partial charge is 0.0957 e. The summed E-state index contributed by atoms with van der Waals surface area (Å²) in [6.07, 6.45) is 1.01. The first-order chi connectivity index (χ1) is 8.65. The van der Waals surface area contributed by atoms with Crippen LogP contribution in [0.15, 0.2) is 24.3 Å². The van der Waals surface area contributed by atoms with Crippen LogP contribution >= 0.6 is 0 Å². The monoisotopic (exact) mass is 243 g/mol. The quantitative estimate of drug-likeness (QED) is 0.894. The molecule has 0 bridgehead atoms. The van der Waals surface area contributed by atoms with E-state index in [0.717, 1.165) is 18.7 Å². The molecule has 0 atom stereocenters. The third kappa shape index (κ3) is 2.31. The Labute approximate surface area is 109 Å². The van der Waals surface area contributed by atoms with E-state index >= 15 is 0 Å². The fourth-order valence-corrected chi connectivity index (χ4v) is 2.35. The van der Waals surface area contributed by atoms with Crippen LogP contribution in [-0.4, -0.2) is 23.4 Å². The second-order valence-electron chi connectivity index (χ2n) is 4.71. The first kappa shape index (κ1) is 12.8. The number of benzene rings is 1. The van der Waals surface area contributed by atoms with Crippen molar-refractivity contribution in [2.75, 3.05) is 13.6 Å². The van der Waals surface area contributed by atoms with E-state index in [0.29, 0.717) is 0 Å². The van der Waals surface area contributed by atoms with Crippen LogP contribution in [0.3, 0.4) is 0 Å². The molecule has 0 unspecified atom stereocenters. The minimum atomic E-state index is 0.980. The van der Waals surface area contributed by atoms with E-state index in [2.05, 4.69) is 48.5 Å². The Morgan fingerprint density at radius 2 is 1.94 bits per heavy atom. The molecule has 1 aromatic carbocycles. The maximum Gasteiger partial charge on any atom is 0.0957 e. The van der Waals surface area contributed by atoms with Gasteiger partial charge in [-0.3, -0.25) is 4.68 Å². The van der Waals surface area contributed by atoms with Crippen LogP contribution in [0.5, 0.6) is 0 Å². The summed E-state index contributed by atoms with van der Waals surface area (Å²) in [5.41, 5.74) is 6.23. The van der Waals surface area contributed by atoms with Crippen molar-refractivity contribution in [3.8, 4) is 11.3 Å².